The van der Waals surface area contributed by atoms with Gasteiger partial charge in [0.1, 0.15) is 11.9 Å². The van der Waals surface area contributed by atoms with Crippen molar-refractivity contribution >= 4 is 11.8 Å². The summed E-state index contributed by atoms with van der Waals surface area (Å²) in [5, 5.41) is 11.2. The van der Waals surface area contributed by atoms with E-state index in [9.17, 15) is 27.9 Å². The molecule has 0 aliphatic heterocycles. The Morgan fingerprint density at radius 3 is 2.37 bits per heavy atom. The van der Waals surface area contributed by atoms with Gasteiger partial charge >= 0.3 is 12.1 Å². The number of carbonyl (C=O) groups is 2. The highest BCUT2D eigenvalue weighted by atomic mass is 19.4. The molecule has 3 unspecified atom stereocenters. The number of ketones is 1. The largest absolute Gasteiger partial charge is 0.461 e. The lowest BCUT2D eigenvalue weighted by molar-refractivity contribution is -0.186. The molecule has 1 aromatic rings. The predicted octanol–water partition coefficient (Wildman–Crippen LogP) is 6.04. The average Bonchev–Trinajstić information content (AvgIpc) is 2.84. The van der Waals surface area contributed by atoms with E-state index in [1.54, 1.807) is 13.0 Å². The molecule has 2 fully saturated rings. The molecule has 0 radical (unpaired) electrons. The van der Waals surface area contributed by atoms with Crippen LogP contribution < -0.4 is 0 Å². The highest BCUT2D eigenvalue weighted by Crippen LogP contribution is 2.57. The highest BCUT2D eigenvalue weighted by molar-refractivity contribution is 5.80. The molecule has 1 N–H and O–H groups in total. The number of hydrogen-bond donors (Lipinski definition) is 1. The molecule has 0 spiro atoms. The quantitative estimate of drug-likeness (QED) is 0.323. The Hall–Kier alpha value is -2.19. The first-order chi connectivity index (χ1) is 17.7. The Kier molecular flexibility index (Phi) is 9.19. The topological polar surface area (TPSA) is 66.8 Å². The number of hydrogen-bond acceptors (Lipinski definition) is 5. The van der Waals surface area contributed by atoms with Gasteiger partial charge in [-0.25, -0.2) is 0 Å². The standard InChI is InChI=1S/C30H42F3NO4/c1-7-28(5)16-25(29(6)19(3)9-12-22(15-24(28)36)27(29)20(4)35)38-26(37)18-34(8-2)17-21-10-13-23(14-11-21)30(31,32)33/h7,10-11,13-14,19,22,24-25,27,36H,1,8-9,12,15-18H2,2-6H3/t19?,22?,24-,25+,27?,28+,29-/m0/s1. The number of halogens is 3. The van der Waals surface area contributed by atoms with Gasteiger partial charge in [0.25, 0.3) is 0 Å². The minimum atomic E-state index is -4.40. The minimum Gasteiger partial charge on any atom is -0.461 e. The number of nitrogens with zero attached hydrogens (tertiary/aromatic N) is 1. The Morgan fingerprint density at radius 2 is 1.84 bits per heavy atom. The van der Waals surface area contributed by atoms with E-state index in [1.165, 1.54) is 12.1 Å². The number of rotatable bonds is 8. The summed E-state index contributed by atoms with van der Waals surface area (Å²) in [4.78, 5) is 28.1. The van der Waals surface area contributed by atoms with Crippen LogP contribution in [-0.4, -0.2) is 47.1 Å². The number of carbonyl (C=O) groups excluding carboxylic acids is 2. The third kappa shape index (κ3) is 6.17. The van der Waals surface area contributed by atoms with Gasteiger partial charge in [-0.15, -0.1) is 6.58 Å². The van der Waals surface area contributed by atoms with Crippen LogP contribution in [0.3, 0.4) is 0 Å². The molecule has 8 heteroatoms. The van der Waals surface area contributed by atoms with Crippen molar-refractivity contribution in [2.45, 2.75) is 85.2 Å². The molecule has 2 aliphatic rings. The normalized spacial score (nSPS) is 33.8. The van der Waals surface area contributed by atoms with Crippen LogP contribution in [0.2, 0.25) is 0 Å². The van der Waals surface area contributed by atoms with Crippen molar-refractivity contribution < 1.29 is 32.6 Å². The van der Waals surface area contributed by atoms with E-state index in [-0.39, 0.29) is 30.1 Å². The van der Waals surface area contributed by atoms with Crippen LogP contribution in [0.4, 0.5) is 13.2 Å². The molecule has 2 bridgehead atoms. The summed E-state index contributed by atoms with van der Waals surface area (Å²) in [6, 6.07) is 4.93. The third-order valence-electron chi connectivity index (χ3n) is 9.45. The number of fused-ring (bicyclic) bond motifs is 2. The summed E-state index contributed by atoms with van der Waals surface area (Å²) in [5.41, 5.74) is -1.34. The molecular weight excluding hydrogens is 495 g/mol. The number of ether oxygens (including phenoxy) is 1. The number of aliphatic hydroxyl groups excluding tert-OH is 1. The fourth-order valence-electron chi connectivity index (χ4n) is 6.71. The van der Waals surface area contributed by atoms with Gasteiger partial charge in [0.15, 0.2) is 0 Å². The van der Waals surface area contributed by atoms with Gasteiger partial charge in [-0.3, -0.25) is 14.5 Å². The summed E-state index contributed by atoms with van der Waals surface area (Å²) < 4.78 is 44.9. The first-order valence-electron chi connectivity index (χ1n) is 13.6. The van der Waals surface area contributed by atoms with Gasteiger partial charge in [0.05, 0.1) is 18.2 Å². The predicted molar refractivity (Wildman–Crippen MR) is 140 cm³/mol. The molecule has 0 amide bonds. The molecule has 5 nitrogen and oxygen atoms in total. The van der Waals surface area contributed by atoms with E-state index < -0.39 is 40.7 Å². The maximum absolute atomic E-state index is 13.3. The maximum Gasteiger partial charge on any atom is 0.416 e. The van der Waals surface area contributed by atoms with Gasteiger partial charge in [0.2, 0.25) is 0 Å². The van der Waals surface area contributed by atoms with Crippen molar-refractivity contribution in [3.8, 4) is 0 Å². The van der Waals surface area contributed by atoms with E-state index in [0.717, 1.165) is 25.0 Å². The molecule has 0 aromatic heterocycles. The Bertz CT molecular complexity index is 1010. The van der Waals surface area contributed by atoms with Gasteiger partial charge in [-0.2, -0.15) is 13.2 Å². The summed E-state index contributed by atoms with van der Waals surface area (Å²) >= 11 is 0. The van der Waals surface area contributed by atoms with Crippen molar-refractivity contribution in [3.63, 3.8) is 0 Å². The lowest BCUT2D eigenvalue weighted by Gasteiger charge is -2.56. The molecule has 0 heterocycles. The molecule has 38 heavy (non-hydrogen) atoms. The monoisotopic (exact) mass is 537 g/mol. The average molecular weight is 538 g/mol. The first-order valence-corrected chi connectivity index (χ1v) is 13.6. The second-order valence-corrected chi connectivity index (χ2v) is 11.8. The summed E-state index contributed by atoms with van der Waals surface area (Å²) in [7, 11) is 0. The maximum atomic E-state index is 13.3. The van der Waals surface area contributed by atoms with E-state index in [1.807, 2.05) is 18.7 Å². The lowest BCUT2D eigenvalue weighted by Crippen LogP contribution is -2.58. The van der Waals surface area contributed by atoms with Crippen LogP contribution in [0.25, 0.3) is 0 Å². The first kappa shape index (κ1) is 30.4. The molecular formula is C30H42F3NO4. The molecule has 212 valence electrons. The molecule has 2 aliphatic carbocycles. The van der Waals surface area contributed by atoms with E-state index >= 15 is 0 Å². The smallest absolute Gasteiger partial charge is 0.416 e. The number of Topliss-reactive ketones (excluding diaryl/α,β-unsaturated/α-hetero) is 1. The highest BCUT2D eigenvalue weighted by Gasteiger charge is 2.58. The Labute approximate surface area is 224 Å². The van der Waals surface area contributed by atoms with Gasteiger partial charge < -0.3 is 9.84 Å². The zero-order chi connectivity index (χ0) is 28.5. The molecule has 7 atom stereocenters. The number of aliphatic hydroxyl groups is 1. The SMILES string of the molecule is C=C[C@]1(C)C[C@@H](OC(=O)CN(CC)Cc2ccc(C(F)(F)F)cc2)[C@]2(C)C(C)CCC(C[C@@H]1O)C2C(C)=O. The van der Waals surface area contributed by atoms with Crippen LogP contribution in [-0.2, 0) is 27.0 Å². The van der Waals surface area contributed by atoms with Crippen LogP contribution in [0.1, 0.15) is 71.4 Å². The van der Waals surface area contributed by atoms with Crippen molar-refractivity contribution in [3.05, 3.63) is 48.0 Å². The molecule has 2 saturated carbocycles. The van der Waals surface area contributed by atoms with Crippen molar-refractivity contribution in [1.82, 2.24) is 4.90 Å². The second-order valence-electron chi connectivity index (χ2n) is 11.8. The Morgan fingerprint density at radius 1 is 1.21 bits per heavy atom. The van der Waals surface area contributed by atoms with Gasteiger partial charge in [-0.1, -0.05) is 45.9 Å². The van der Waals surface area contributed by atoms with E-state index in [2.05, 4.69) is 20.4 Å². The zero-order valence-corrected chi connectivity index (χ0v) is 23.2. The van der Waals surface area contributed by atoms with Crippen LogP contribution in [0.15, 0.2) is 36.9 Å². The lowest BCUT2D eigenvalue weighted by atomic mass is 9.50. The number of likely N-dealkylation sites (N-methyl/N-ethyl adjacent to an activating group) is 1. The third-order valence-corrected chi connectivity index (χ3v) is 9.45. The van der Waals surface area contributed by atoms with E-state index in [0.29, 0.717) is 31.5 Å². The number of benzene rings is 1. The summed E-state index contributed by atoms with van der Waals surface area (Å²) in [6.07, 6.45) is -1.41. The Balaban J connectivity index is 1.84. The fourth-order valence-corrected chi connectivity index (χ4v) is 6.71. The molecule has 0 saturated heterocycles. The zero-order valence-electron chi connectivity index (χ0n) is 23.2. The van der Waals surface area contributed by atoms with Crippen LogP contribution >= 0.6 is 0 Å². The summed E-state index contributed by atoms with van der Waals surface area (Å²) in [5.74, 6) is -0.608. The van der Waals surface area contributed by atoms with Crippen molar-refractivity contribution in [1.29, 1.82) is 0 Å². The number of esters is 1. The van der Waals surface area contributed by atoms with Crippen LogP contribution in [0, 0.1) is 28.6 Å². The van der Waals surface area contributed by atoms with Gasteiger partial charge in [-0.05, 0) is 68.7 Å². The number of alkyl halides is 3. The van der Waals surface area contributed by atoms with Crippen LogP contribution in [0.5, 0.6) is 0 Å². The minimum absolute atomic E-state index is 0.00344. The van der Waals surface area contributed by atoms with Crippen molar-refractivity contribution in [2.24, 2.45) is 28.6 Å². The van der Waals surface area contributed by atoms with Gasteiger partial charge in [0, 0.05) is 23.3 Å². The second kappa shape index (κ2) is 11.5. The fraction of sp³-hybridized carbons (Fsp3) is 0.667. The van der Waals surface area contributed by atoms with Crippen molar-refractivity contribution in [2.75, 3.05) is 13.1 Å². The summed E-state index contributed by atoms with van der Waals surface area (Å²) in [6.45, 7) is 14.3. The van der Waals surface area contributed by atoms with E-state index in [4.69, 9.17) is 4.74 Å². The molecule has 1 aromatic carbocycles. The molecule has 3 rings (SSSR count).